The third-order valence-corrected chi connectivity index (χ3v) is 2.43. The summed E-state index contributed by atoms with van der Waals surface area (Å²) in [6, 6.07) is -0.277. The van der Waals surface area contributed by atoms with Crippen molar-refractivity contribution in [1.82, 2.24) is 4.90 Å². The summed E-state index contributed by atoms with van der Waals surface area (Å²) in [5, 5.41) is 0. The van der Waals surface area contributed by atoms with Crippen LogP contribution in [0.1, 0.15) is 26.7 Å². The molecule has 1 aliphatic heterocycles. The van der Waals surface area contributed by atoms with E-state index in [-0.39, 0.29) is 18.4 Å². The van der Waals surface area contributed by atoms with Crippen LogP contribution in [-0.4, -0.2) is 24.0 Å². The van der Waals surface area contributed by atoms with E-state index in [4.69, 9.17) is 5.73 Å². The number of nitrogens with two attached hydrogens (primary N) is 1. The summed E-state index contributed by atoms with van der Waals surface area (Å²) in [6.07, 6.45) is 2.13. The van der Waals surface area contributed by atoms with Gasteiger partial charge in [0.15, 0.2) is 0 Å². The lowest BCUT2D eigenvalue weighted by molar-refractivity contribution is 0.146. The van der Waals surface area contributed by atoms with Gasteiger partial charge in [0.25, 0.3) is 0 Å². The lowest BCUT2D eigenvalue weighted by Gasteiger charge is -2.35. The van der Waals surface area contributed by atoms with Crippen molar-refractivity contribution in [3.63, 3.8) is 0 Å². The first kappa shape index (κ1) is 11.6. The molecule has 1 heterocycles. The second kappa shape index (κ2) is 3.99. The zero-order valence-electron chi connectivity index (χ0n) is 7.67. The van der Waals surface area contributed by atoms with Crippen molar-refractivity contribution >= 4 is 18.4 Å². The predicted octanol–water partition coefficient (Wildman–Crippen LogP) is 1.61. The van der Waals surface area contributed by atoms with E-state index >= 15 is 0 Å². The normalized spacial score (nSPS) is 21.3. The van der Waals surface area contributed by atoms with Gasteiger partial charge in [-0.2, -0.15) is 0 Å². The van der Waals surface area contributed by atoms with Crippen molar-refractivity contribution in [3.05, 3.63) is 0 Å². The molecule has 4 heteroatoms. The van der Waals surface area contributed by atoms with Crippen LogP contribution in [0.3, 0.4) is 0 Å². The lowest BCUT2D eigenvalue weighted by atomic mass is 9.83. The van der Waals surface area contributed by atoms with Crippen LogP contribution in [0.4, 0.5) is 4.79 Å². The zero-order valence-corrected chi connectivity index (χ0v) is 8.49. The molecule has 3 nitrogen and oxygen atoms in total. The van der Waals surface area contributed by atoms with E-state index < -0.39 is 0 Å². The standard InChI is InChI=1S/C8H16N2O.ClH/c1-8(2)3-5-10(6-4-8)7(9)11;/h3-6H2,1-2H3,(H2,9,11);1H. The van der Waals surface area contributed by atoms with E-state index in [1.54, 1.807) is 4.90 Å². The molecule has 1 fully saturated rings. The Bertz CT molecular complexity index is 160. The molecule has 2 amide bonds. The molecule has 2 N–H and O–H groups in total. The van der Waals surface area contributed by atoms with Crippen molar-refractivity contribution in [2.24, 2.45) is 11.1 Å². The number of carbonyl (C=O) groups excluding carboxylic acids is 1. The third-order valence-electron chi connectivity index (χ3n) is 2.43. The van der Waals surface area contributed by atoms with Crippen LogP contribution in [-0.2, 0) is 0 Å². The van der Waals surface area contributed by atoms with E-state index in [0.717, 1.165) is 25.9 Å². The summed E-state index contributed by atoms with van der Waals surface area (Å²) in [6.45, 7) is 6.10. The third kappa shape index (κ3) is 2.89. The van der Waals surface area contributed by atoms with Crippen LogP contribution >= 0.6 is 12.4 Å². The lowest BCUT2D eigenvalue weighted by Crippen LogP contribution is -2.43. The van der Waals surface area contributed by atoms with E-state index in [2.05, 4.69) is 13.8 Å². The SMILES string of the molecule is CC1(C)CCN(C(N)=O)CC1.Cl. The number of halogens is 1. The summed E-state index contributed by atoms with van der Waals surface area (Å²) in [5.41, 5.74) is 5.54. The molecule has 12 heavy (non-hydrogen) atoms. The van der Waals surface area contributed by atoms with Crippen LogP contribution in [0.25, 0.3) is 0 Å². The molecule has 72 valence electrons. The molecule has 0 aromatic rings. The molecular formula is C8H17ClN2O. The van der Waals surface area contributed by atoms with Gasteiger partial charge in [0, 0.05) is 13.1 Å². The topological polar surface area (TPSA) is 46.3 Å². The first-order chi connectivity index (χ1) is 5.01. The predicted molar refractivity (Wildman–Crippen MR) is 51.4 cm³/mol. The van der Waals surface area contributed by atoms with Gasteiger partial charge >= 0.3 is 6.03 Å². The Morgan fingerprint density at radius 2 is 1.75 bits per heavy atom. The Hall–Kier alpha value is -0.440. The van der Waals surface area contributed by atoms with Crippen LogP contribution in [0, 0.1) is 5.41 Å². The molecule has 1 rings (SSSR count). The Kier molecular flexibility index (Phi) is 3.84. The number of amides is 2. The number of nitrogens with zero attached hydrogens (tertiary/aromatic N) is 1. The second-order valence-corrected chi connectivity index (χ2v) is 3.99. The van der Waals surface area contributed by atoms with E-state index in [1.165, 1.54) is 0 Å². The fourth-order valence-corrected chi connectivity index (χ4v) is 1.33. The Labute approximate surface area is 79.7 Å². The van der Waals surface area contributed by atoms with Gasteiger partial charge in [0.2, 0.25) is 0 Å². The molecule has 0 aromatic heterocycles. The molecule has 1 saturated heterocycles. The van der Waals surface area contributed by atoms with Crippen LogP contribution in [0.2, 0.25) is 0 Å². The summed E-state index contributed by atoms with van der Waals surface area (Å²) >= 11 is 0. The number of hydrogen-bond acceptors (Lipinski definition) is 1. The summed E-state index contributed by atoms with van der Waals surface area (Å²) in [4.78, 5) is 12.4. The first-order valence-corrected chi connectivity index (χ1v) is 4.06. The number of piperidine rings is 1. The van der Waals surface area contributed by atoms with Crippen LogP contribution in [0.5, 0.6) is 0 Å². The minimum absolute atomic E-state index is 0. The van der Waals surface area contributed by atoms with E-state index in [0.29, 0.717) is 5.41 Å². The maximum absolute atomic E-state index is 10.7. The van der Waals surface area contributed by atoms with Gasteiger partial charge < -0.3 is 10.6 Å². The number of primary amides is 1. The number of rotatable bonds is 0. The highest BCUT2D eigenvalue weighted by atomic mass is 35.5. The van der Waals surface area contributed by atoms with Crippen molar-refractivity contribution in [2.45, 2.75) is 26.7 Å². The maximum atomic E-state index is 10.7. The Morgan fingerprint density at radius 3 is 2.08 bits per heavy atom. The van der Waals surface area contributed by atoms with Gasteiger partial charge in [-0.1, -0.05) is 13.8 Å². The molecule has 0 spiro atoms. The number of likely N-dealkylation sites (tertiary alicyclic amines) is 1. The molecule has 0 aliphatic carbocycles. The first-order valence-electron chi connectivity index (χ1n) is 4.06. The summed E-state index contributed by atoms with van der Waals surface area (Å²) < 4.78 is 0. The molecule has 0 unspecified atom stereocenters. The van der Waals surface area contributed by atoms with Gasteiger partial charge in [-0.05, 0) is 18.3 Å². The molecule has 1 aliphatic rings. The molecule has 0 atom stereocenters. The maximum Gasteiger partial charge on any atom is 0.314 e. The van der Waals surface area contributed by atoms with Crippen molar-refractivity contribution < 1.29 is 4.79 Å². The van der Waals surface area contributed by atoms with Gasteiger partial charge in [0.1, 0.15) is 0 Å². The highest BCUT2D eigenvalue weighted by molar-refractivity contribution is 5.85. The number of hydrogen-bond donors (Lipinski definition) is 1. The second-order valence-electron chi connectivity index (χ2n) is 3.99. The highest BCUT2D eigenvalue weighted by Gasteiger charge is 2.26. The molecule has 0 bridgehead atoms. The van der Waals surface area contributed by atoms with E-state index in [1.807, 2.05) is 0 Å². The minimum atomic E-state index is -0.277. The fourth-order valence-electron chi connectivity index (χ4n) is 1.33. The van der Waals surface area contributed by atoms with Gasteiger partial charge in [0.05, 0.1) is 0 Å². The van der Waals surface area contributed by atoms with Crippen LogP contribution in [0.15, 0.2) is 0 Å². The smallest absolute Gasteiger partial charge is 0.314 e. The number of urea groups is 1. The minimum Gasteiger partial charge on any atom is -0.351 e. The van der Waals surface area contributed by atoms with E-state index in [9.17, 15) is 4.79 Å². The quantitative estimate of drug-likeness (QED) is 0.623. The van der Waals surface area contributed by atoms with Gasteiger partial charge in [-0.15, -0.1) is 12.4 Å². The van der Waals surface area contributed by atoms with Crippen molar-refractivity contribution in [1.29, 1.82) is 0 Å². The monoisotopic (exact) mass is 192 g/mol. The largest absolute Gasteiger partial charge is 0.351 e. The van der Waals surface area contributed by atoms with Gasteiger partial charge in [-0.3, -0.25) is 0 Å². The van der Waals surface area contributed by atoms with Crippen molar-refractivity contribution in [2.75, 3.05) is 13.1 Å². The van der Waals surface area contributed by atoms with Gasteiger partial charge in [-0.25, -0.2) is 4.79 Å². The van der Waals surface area contributed by atoms with Crippen molar-refractivity contribution in [3.8, 4) is 0 Å². The number of carbonyl (C=O) groups is 1. The molecule has 0 radical (unpaired) electrons. The molecule has 0 saturated carbocycles. The summed E-state index contributed by atoms with van der Waals surface area (Å²) in [5.74, 6) is 0. The fraction of sp³-hybridized carbons (Fsp3) is 0.875. The average Bonchev–Trinajstić information content (AvgIpc) is 1.86. The Balaban J connectivity index is 0.00000121. The zero-order chi connectivity index (χ0) is 8.48. The van der Waals surface area contributed by atoms with Crippen LogP contribution < -0.4 is 5.73 Å². The molecule has 0 aromatic carbocycles. The Morgan fingerprint density at radius 1 is 1.33 bits per heavy atom. The average molecular weight is 193 g/mol. The summed E-state index contributed by atoms with van der Waals surface area (Å²) in [7, 11) is 0. The highest BCUT2D eigenvalue weighted by Crippen LogP contribution is 2.29. The molecular weight excluding hydrogens is 176 g/mol.